The highest BCUT2D eigenvalue weighted by Gasteiger charge is 2.32. The fourth-order valence-corrected chi connectivity index (χ4v) is 1.36. The van der Waals surface area contributed by atoms with Crippen molar-refractivity contribution < 1.29 is 14.5 Å². The lowest BCUT2D eigenvalue weighted by Crippen LogP contribution is -2.48. The van der Waals surface area contributed by atoms with E-state index < -0.39 is 7.12 Å². The van der Waals surface area contributed by atoms with Crippen molar-refractivity contribution in [2.75, 3.05) is 0 Å². The van der Waals surface area contributed by atoms with Gasteiger partial charge in [-0.05, 0) is 19.8 Å². The van der Waals surface area contributed by atoms with Gasteiger partial charge in [0, 0.05) is 18.5 Å². The van der Waals surface area contributed by atoms with Gasteiger partial charge in [0.05, 0.1) is 0 Å². The highest BCUT2D eigenvalue weighted by molar-refractivity contribution is 6.45. The molecule has 5 heteroatoms. The molecule has 0 saturated carbocycles. The maximum atomic E-state index is 10.7. The molecule has 0 radical (unpaired) electrons. The largest absolute Gasteiger partial charge is 0.472 e. The molecule has 1 aliphatic rings. The van der Waals surface area contributed by atoms with Gasteiger partial charge in [-0.25, -0.2) is 0 Å². The van der Waals surface area contributed by atoms with E-state index in [9.17, 15) is 9.82 Å². The minimum atomic E-state index is -0.900. The lowest BCUT2D eigenvalue weighted by molar-refractivity contribution is -0.118. The van der Waals surface area contributed by atoms with Gasteiger partial charge in [0.25, 0.3) is 0 Å². The molecule has 0 amide bonds. The van der Waals surface area contributed by atoms with Crippen molar-refractivity contribution in [3.05, 3.63) is 0 Å². The van der Waals surface area contributed by atoms with Crippen molar-refractivity contribution in [1.29, 1.82) is 0 Å². The van der Waals surface area contributed by atoms with Crippen LogP contribution in [0.15, 0.2) is 0 Å². The maximum Gasteiger partial charge on any atom is 0.472 e. The average molecular weight is 171 g/mol. The smallest absolute Gasteiger partial charge is 0.426 e. The quantitative estimate of drug-likeness (QED) is 0.549. The molecule has 0 spiro atoms. The maximum absolute atomic E-state index is 10.7. The van der Waals surface area contributed by atoms with E-state index in [2.05, 4.69) is 0 Å². The van der Waals surface area contributed by atoms with E-state index >= 15 is 0 Å². The van der Waals surface area contributed by atoms with Crippen LogP contribution in [0.3, 0.4) is 0 Å². The molecule has 0 bridgehead atoms. The first-order valence-corrected chi connectivity index (χ1v) is 4.18. The highest BCUT2D eigenvalue weighted by atomic mass is 16.5. The van der Waals surface area contributed by atoms with Crippen LogP contribution in [0.4, 0.5) is 0 Å². The lowest BCUT2D eigenvalue weighted by Gasteiger charge is -2.28. The van der Waals surface area contributed by atoms with Gasteiger partial charge in [-0.1, -0.05) is 0 Å². The van der Waals surface area contributed by atoms with Crippen LogP contribution in [0.2, 0.25) is 0 Å². The summed E-state index contributed by atoms with van der Waals surface area (Å²) < 4.78 is 5.12. The van der Waals surface area contributed by atoms with Gasteiger partial charge in [-0.2, -0.15) is 0 Å². The van der Waals surface area contributed by atoms with Crippen LogP contribution in [-0.2, 0) is 9.45 Å². The molecule has 68 valence electrons. The molecule has 2 atom stereocenters. The van der Waals surface area contributed by atoms with Crippen LogP contribution in [0.1, 0.15) is 26.2 Å². The van der Waals surface area contributed by atoms with Gasteiger partial charge in [0.15, 0.2) is 0 Å². The Morgan fingerprint density at radius 2 is 2.42 bits per heavy atom. The Morgan fingerprint density at radius 1 is 1.75 bits per heavy atom. The molecule has 0 unspecified atom stereocenters. The van der Waals surface area contributed by atoms with Crippen molar-refractivity contribution in [3.63, 3.8) is 0 Å². The molecule has 1 rings (SSSR count). The summed E-state index contributed by atoms with van der Waals surface area (Å²) in [5, 5.41) is 9.20. The summed E-state index contributed by atoms with van der Waals surface area (Å²) in [7, 11) is -0.900. The summed E-state index contributed by atoms with van der Waals surface area (Å²) in [6.07, 6.45) is 1.72. The number of hydrogen-bond acceptors (Lipinski definition) is 4. The van der Waals surface area contributed by atoms with Crippen molar-refractivity contribution in [2.24, 2.45) is 5.73 Å². The van der Waals surface area contributed by atoms with E-state index in [0.29, 0.717) is 6.42 Å². The minimum absolute atomic E-state index is 0.0858. The Labute approximate surface area is 72.2 Å². The van der Waals surface area contributed by atoms with E-state index in [1.807, 2.05) is 0 Å². The molecule has 3 N–H and O–H groups in total. The fraction of sp³-hybridized carbons (Fsp3) is 0.857. The summed E-state index contributed by atoms with van der Waals surface area (Å²) in [4.78, 5) is 10.7. The molecule has 4 nitrogen and oxygen atoms in total. The predicted molar refractivity (Wildman–Crippen MR) is 45.4 cm³/mol. The molecule has 1 heterocycles. The number of carbonyl (C=O) groups excluding carboxylic acids is 1. The Hall–Kier alpha value is -0.385. The fourth-order valence-electron chi connectivity index (χ4n) is 1.36. The molecular weight excluding hydrogens is 157 g/mol. The van der Waals surface area contributed by atoms with Crippen LogP contribution in [0, 0.1) is 0 Å². The molecule has 12 heavy (non-hydrogen) atoms. The second-order valence-electron chi connectivity index (χ2n) is 3.30. The summed E-state index contributed by atoms with van der Waals surface area (Å²) in [5.41, 5.74) is 5.51. The molecular formula is C7H14BNO3. The van der Waals surface area contributed by atoms with E-state index in [1.54, 1.807) is 0 Å². The van der Waals surface area contributed by atoms with Crippen LogP contribution in [0.5, 0.6) is 0 Å². The van der Waals surface area contributed by atoms with Crippen molar-refractivity contribution >= 4 is 12.9 Å². The van der Waals surface area contributed by atoms with Crippen LogP contribution < -0.4 is 5.73 Å². The Kier molecular flexibility index (Phi) is 3.25. The zero-order valence-electron chi connectivity index (χ0n) is 7.19. The number of nitrogens with two attached hydrogens (primary N) is 1. The Bertz CT molecular complexity index is 176. The molecule has 1 saturated heterocycles. The zero-order valence-corrected chi connectivity index (χ0v) is 7.19. The van der Waals surface area contributed by atoms with Crippen molar-refractivity contribution in [2.45, 2.75) is 38.2 Å². The van der Waals surface area contributed by atoms with E-state index in [1.165, 1.54) is 6.92 Å². The number of ketones is 1. The monoisotopic (exact) mass is 171 g/mol. The SMILES string of the molecule is CC(=O)C[C@@H]1CC[C@H](N)B(O)O1. The second-order valence-corrected chi connectivity index (χ2v) is 3.30. The first-order chi connectivity index (χ1) is 5.59. The van der Waals surface area contributed by atoms with Crippen LogP contribution in [0.25, 0.3) is 0 Å². The number of hydrogen-bond donors (Lipinski definition) is 2. The molecule has 0 aromatic carbocycles. The van der Waals surface area contributed by atoms with Crippen molar-refractivity contribution in [3.8, 4) is 0 Å². The van der Waals surface area contributed by atoms with Crippen molar-refractivity contribution in [1.82, 2.24) is 0 Å². The third-order valence-electron chi connectivity index (χ3n) is 2.04. The van der Waals surface area contributed by atoms with Gasteiger partial charge in [0.1, 0.15) is 5.78 Å². The average Bonchev–Trinajstić information content (AvgIpc) is 1.96. The minimum Gasteiger partial charge on any atom is -0.426 e. The van der Waals surface area contributed by atoms with Crippen LogP contribution in [-0.4, -0.2) is 30.0 Å². The molecule has 0 aromatic rings. The van der Waals surface area contributed by atoms with Gasteiger partial charge in [-0.15, -0.1) is 0 Å². The van der Waals surface area contributed by atoms with Gasteiger partial charge < -0.3 is 15.4 Å². The first-order valence-electron chi connectivity index (χ1n) is 4.18. The number of carbonyl (C=O) groups is 1. The number of rotatable bonds is 2. The normalized spacial score (nSPS) is 30.4. The lowest BCUT2D eigenvalue weighted by atomic mass is 9.73. The van der Waals surface area contributed by atoms with Gasteiger partial charge >= 0.3 is 7.12 Å². The Balaban J connectivity index is 2.35. The van der Waals surface area contributed by atoms with E-state index in [-0.39, 0.29) is 17.8 Å². The zero-order chi connectivity index (χ0) is 9.14. The Morgan fingerprint density at radius 3 is 2.92 bits per heavy atom. The third-order valence-corrected chi connectivity index (χ3v) is 2.04. The number of Topliss-reactive ketones (excluding diaryl/α,β-unsaturated/α-hetero) is 1. The summed E-state index contributed by atoms with van der Waals surface area (Å²) >= 11 is 0. The first kappa shape index (κ1) is 9.70. The molecule has 1 fully saturated rings. The summed E-state index contributed by atoms with van der Waals surface area (Å²) in [5.74, 6) is -0.212. The van der Waals surface area contributed by atoms with Gasteiger partial charge in [0.2, 0.25) is 0 Å². The van der Waals surface area contributed by atoms with E-state index in [4.69, 9.17) is 10.4 Å². The summed E-state index contributed by atoms with van der Waals surface area (Å²) in [6.45, 7) is 1.52. The topological polar surface area (TPSA) is 72.6 Å². The molecule has 0 aromatic heterocycles. The predicted octanol–water partition coefficient (Wildman–Crippen LogP) is -0.508. The van der Waals surface area contributed by atoms with Crippen LogP contribution >= 0.6 is 0 Å². The third kappa shape index (κ3) is 2.58. The highest BCUT2D eigenvalue weighted by Crippen LogP contribution is 2.17. The molecule has 0 aliphatic carbocycles. The second kappa shape index (κ2) is 4.02. The standard InChI is InChI=1S/C7H14BNO3/c1-5(10)4-6-2-3-7(9)8(11)12-6/h6-7,11H,2-4,9H2,1H3/t6-,7-/m0/s1. The van der Waals surface area contributed by atoms with Gasteiger partial charge in [-0.3, -0.25) is 4.79 Å². The summed E-state index contributed by atoms with van der Waals surface area (Å²) in [6, 6.07) is 0. The van der Waals surface area contributed by atoms with E-state index in [0.717, 1.165) is 12.8 Å². The molecule has 1 aliphatic heterocycles.